The Kier molecular flexibility index (Phi) is 3.19. The van der Waals surface area contributed by atoms with Gasteiger partial charge in [-0.1, -0.05) is 24.8 Å². The highest BCUT2D eigenvalue weighted by Gasteiger charge is 2.44. The lowest BCUT2D eigenvalue weighted by Gasteiger charge is -2.16. The normalized spacial score (nSPS) is 16.8. The summed E-state index contributed by atoms with van der Waals surface area (Å²) in [6.45, 7) is 7.88. The molecule has 0 amide bonds. The summed E-state index contributed by atoms with van der Waals surface area (Å²) in [7, 11) is 3.23. The molecule has 4 nitrogen and oxygen atoms in total. The quantitative estimate of drug-likeness (QED) is 0.679. The van der Waals surface area contributed by atoms with E-state index in [9.17, 15) is 0 Å². The molecular weight excluding hydrogens is 301 g/mol. The fourth-order valence-electron chi connectivity index (χ4n) is 3.32. The largest absolute Gasteiger partial charge is 0.567 e. The fourth-order valence-corrected chi connectivity index (χ4v) is 3.32. The second-order valence-electron chi connectivity index (χ2n) is 6.69. The third-order valence-electron chi connectivity index (χ3n) is 4.84. The molecule has 1 aliphatic rings. The van der Waals surface area contributed by atoms with E-state index in [-0.39, 0.29) is 0 Å². The number of ether oxygens (including phenoxy) is 1. The topological polar surface area (TPSA) is 32.6 Å². The van der Waals surface area contributed by atoms with E-state index >= 15 is 0 Å². The van der Waals surface area contributed by atoms with Crippen LogP contribution in [0.5, 0.6) is 5.75 Å². The van der Waals surface area contributed by atoms with E-state index in [1.807, 2.05) is 19.9 Å². The maximum absolute atomic E-state index is 6.05. The first-order valence-corrected chi connectivity index (χ1v) is 8.01. The first-order chi connectivity index (χ1) is 11.4. The van der Waals surface area contributed by atoms with Crippen molar-refractivity contribution in [2.24, 2.45) is 7.05 Å². The van der Waals surface area contributed by atoms with Crippen molar-refractivity contribution in [2.75, 3.05) is 7.11 Å². The number of hydrogen-bond acceptors (Lipinski definition) is 3. The van der Waals surface area contributed by atoms with Crippen LogP contribution in [0.2, 0.25) is 0 Å². The third-order valence-corrected chi connectivity index (χ3v) is 4.84. The summed E-state index contributed by atoms with van der Waals surface area (Å²) in [6.07, 6.45) is 0. The van der Waals surface area contributed by atoms with Gasteiger partial charge in [0.1, 0.15) is 11.4 Å². The second-order valence-corrected chi connectivity index (χ2v) is 6.69. The molecule has 1 aliphatic heterocycles. The number of aryl methyl sites for hydroxylation is 1. The van der Waals surface area contributed by atoms with Crippen LogP contribution < -0.4 is 10.2 Å². The van der Waals surface area contributed by atoms with Crippen molar-refractivity contribution in [1.29, 1.82) is 0 Å². The average Bonchev–Trinajstić information content (AvgIpc) is 3.01. The summed E-state index contributed by atoms with van der Waals surface area (Å²) < 4.78 is 19.7. The number of benzene rings is 2. The number of para-hydroxylation sites is 1. The van der Waals surface area contributed by atoms with E-state index < -0.39 is 12.7 Å². The van der Waals surface area contributed by atoms with Crippen molar-refractivity contribution in [1.82, 2.24) is 4.57 Å². The Labute approximate surface area is 141 Å². The molecule has 1 fully saturated rings. The van der Waals surface area contributed by atoms with Crippen LogP contribution in [0.25, 0.3) is 21.8 Å². The molecule has 0 unspecified atom stereocenters. The third kappa shape index (κ3) is 2.05. The number of aromatic nitrogens is 1. The van der Waals surface area contributed by atoms with Crippen molar-refractivity contribution >= 4 is 34.4 Å². The highest BCUT2D eigenvalue weighted by Crippen LogP contribution is 2.33. The van der Waals surface area contributed by atoms with Crippen molar-refractivity contribution in [3.8, 4) is 5.75 Å². The minimum absolute atomic E-state index is 0.509. The Bertz CT molecular complexity index is 974. The lowest BCUT2D eigenvalue weighted by Crippen LogP contribution is -2.35. The van der Waals surface area contributed by atoms with E-state index in [1.165, 1.54) is 10.9 Å². The van der Waals surface area contributed by atoms with Crippen LogP contribution in [0.3, 0.4) is 0 Å². The summed E-state index contributed by atoms with van der Waals surface area (Å²) in [6, 6.07) is 12.5. The first-order valence-electron chi connectivity index (χ1n) is 8.01. The lowest BCUT2D eigenvalue weighted by atomic mass is 9.77. The Morgan fingerprint density at radius 1 is 1.12 bits per heavy atom. The number of nitrogens with zero attached hydrogens (tertiary/aromatic N) is 1. The second kappa shape index (κ2) is 5.05. The molecule has 4 rings (SSSR count). The molecule has 1 saturated heterocycles. The molecule has 0 spiro atoms. The van der Waals surface area contributed by atoms with Gasteiger partial charge >= 0.3 is 7.12 Å². The highest BCUT2D eigenvalue weighted by molar-refractivity contribution is 6.63. The molecule has 0 N–H and O–H groups in total. The summed E-state index contributed by atoms with van der Waals surface area (Å²) in [4.78, 5) is 0. The molecular formula is C19H20BNO3. The van der Waals surface area contributed by atoms with Gasteiger partial charge in [-0.3, -0.25) is 0 Å². The molecule has 0 aliphatic carbocycles. The van der Waals surface area contributed by atoms with Gasteiger partial charge in [0.2, 0.25) is 0 Å². The summed E-state index contributed by atoms with van der Waals surface area (Å²) in [5.41, 5.74) is 2.68. The Balaban J connectivity index is 1.96. The molecule has 2 heterocycles. The lowest BCUT2D eigenvalue weighted by molar-refractivity contribution is 0.173. The number of rotatable bonds is 2. The van der Waals surface area contributed by atoms with Crippen LogP contribution >= 0.6 is 0 Å². The molecule has 0 radical (unpaired) electrons. The van der Waals surface area contributed by atoms with Crippen LogP contribution in [0.1, 0.15) is 13.8 Å². The van der Waals surface area contributed by atoms with Crippen LogP contribution in [-0.2, 0) is 16.4 Å². The van der Waals surface area contributed by atoms with Crippen molar-refractivity contribution in [2.45, 2.75) is 19.4 Å². The SMILES string of the molecule is C=C1OB(c2cc3c4ccccc4n(C)c3cc2OC)OC1(C)C. The maximum atomic E-state index is 6.05. The van der Waals surface area contributed by atoms with Gasteiger partial charge in [0.05, 0.1) is 18.4 Å². The van der Waals surface area contributed by atoms with Crippen molar-refractivity contribution < 1.29 is 14.0 Å². The molecule has 2 aromatic carbocycles. The van der Waals surface area contributed by atoms with Crippen molar-refractivity contribution in [3.05, 3.63) is 48.7 Å². The van der Waals surface area contributed by atoms with E-state index in [0.717, 1.165) is 22.1 Å². The number of hydrogen-bond donors (Lipinski definition) is 0. The highest BCUT2D eigenvalue weighted by atomic mass is 16.7. The zero-order valence-corrected chi connectivity index (χ0v) is 14.4. The average molecular weight is 321 g/mol. The predicted molar refractivity (Wildman–Crippen MR) is 97.8 cm³/mol. The van der Waals surface area contributed by atoms with Gasteiger partial charge < -0.3 is 18.6 Å². The van der Waals surface area contributed by atoms with Gasteiger partial charge in [0, 0.05) is 34.9 Å². The fraction of sp³-hybridized carbons (Fsp3) is 0.263. The monoisotopic (exact) mass is 321 g/mol. The molecule has 5 heteroatoms. The molecule has 122 valence electrons. The number of methoxy groups -OCH3 is 1. The van der Waals surface area contributed by atoms with E-state index in [4.69, 9.17) is 14.0 Å². The van der Waals surface area contributed by atoms with Gasteiger partial charge in [0.25, 0.3) is 0 Å². The van der Waals surface area contributed by atoms with Gasteiger partial charge in [-0.05, 0) is 26.0 Å². The standard InChI is InChI=1S/C19H20BNO3/c1-12-19(2,3)24-20(23-12)15-10-14-13-8-6-7-9-16(13)21(4)17(14)11-18(15)22-5/h6-11H,1H2,2-5H3. The summed E-state index contributed by atoms with van der Waals surface area (Å²) in [5.74, 6) is 1.39. The predicted octanol–water partition coefficient (Wildman–Crippen LogP) is 3.37. The Morgan fingerprint density at radius 2 is 1.88 bits per heavy atom. The Morgan fingerprint density at radius 3 is 2.54 bits per heavy atom. The summed E-state index contributed by atoms with van der Waals surface area (Å²) >= 11 is 0. The van der Waals surface area contributed by atoms with Crippen LogP contribution in [0, 0.1) is 0 Å². The first kappa shape index (κ1) is 15.2. The van der Waals surface area contributed by atoms with Crippen LogP contribution in [0.4, 0.5) is 0 Å². The van der Waals surface area contributed by atoms with E-state index in [2.05, 4.69) is 48.5 Å². The Hall–Kier alpha value is -2.40. The van der Waals surface area contributed by atoms with E-state index in [1.54, 1.807) is 7.11 Å². The van der Waals surface area contributed by atoms with Gasteiger partial charge in [-0.25, -0.2) is 0 Å². The van der Waals surface area contributed by atoms with E-state index in [0.29, 0.717) is 5.76 Å². The van der Waals surface area contributed by atoms with Gasteiger partial charge in [-0.2, -0.15) is 0 Å². The minimum Gasteiger partial charge on any atom is -0.534 e. The summed E-state index contributed by atoms with van der Waals surface area (Å²) in [5, 5.41) is 2.36. The smallest absolute Gasteiger partial charge is 0.534 e. The zero-order chi connectivity index (χ0) is 17.1. The zero-order valence-electron chi connectivity index (χ0n) is 14.4. The molecule has 0 bridgehead atoms. The maximum Gasteiger partial charge on any atom is 0.567 e. The molecule has 3 aromatic rings. The molecule has 1 aromatic heterocycles. The number of fused-ring (bicyclic) bond motifs is 3. The van der Waals surface area contributed by atoms with Crippen molar-refractivity contribution in [3.63, 3.8) is 0 Å². The van der Waals surface area contributed by atoms with Gasteiger partial charge in [0.15, 0.2) is 0 Å². The molecule has 0 atom stereocenters. The molecule has 0 saturated carbocycles. The molecule has 24 heavy (non-hydrogen) atoms. The van der Waals surface area contributed by atoms with Crippen LogP contribution in [0.15, 0.2) is 48.7 Å². The van der Waals surface area contributed by atoms with Crippen LogP contribution in [-0.4, -0.2) is 24.4 Å². The minimum atomic E-state index is -0.511. The van der Waals surface area contributed by atoms with Gasteiger partial charge in [-0.15, -0.1) is 0 Å².